The first-order chi connectivity index (χ1) is 7.06. The van der Waals surface area contributed by atoms with Crippen molar-refractivity contribution in [3.05, 3.63) is 0 Å². The molecule has 0 radical (unpaired) electrons. The van der Waals surface area contributed by atoms with Crippen molar-refractivity contribution in [3.63, 3.8) is 0 Å². The highest BCUT2D eigenvalue weighted by molar-refractivity contribution is 4.30. The zero-order chi connectivity index (χ0) is 12.5. The summed E-state index contributed by atoms with van der Waals surface area (Å²) in [7, 11) is 0. The first kappa shape index (κ1) is 20.3. The van der Waals surface area contributed by atoms with Gasteiger partial charge in [0.1, 0.15) is 0 Å². The smallest absolute Gasteiger partial charge is 0.0483 e. The molecule has 0 aliphatic carbocycles. The Morgan fingerprint density at radius 2 is 1.13 bits per heavy atom. The molecule has 3 N–H and O–H groups in total. The van der Waals surface area contributed by atoms with E-state index in [1.165, 1.54) is 6.42 Å². The van der Waals surface area contributed by atoms with E-state index < -0.39 is 0 Å². The van der Waals surface area contributed by atoms with Crippen LogP contribution in [0.2, 0.25) is 0 Å². The van der Waals surface area contributed by atoms with Crippen LogP contribution in [0, 0.1) is 0 Å². The van der Waals surface area contributed by atoms with E-state index in [0.717, 1.165) is 25.7 Å². The van der Waals surface area contributed by atoms with Crippen molar-refractivity contribution in [2.45, 2.75) is 65.9 Å². The first-order valence-corrected chi connectivity index (χ1v) is 5.96. The molecular weight excluding hydrogens is 192 g/mol. The first-order valence-electron chi connectivity index (χ1n) is 5.96. The normalized spacial score (nSPS) is 8.80. The van der Waals surface area contributed by atoms with Gasteiger partial charge < -0.3 is 15.3 Å². The zero-order valence-electron chi connectivity index (χ0n) is 10.9. The quantitative estimate of drug-likeness (QED) is 0.626. The number of hydrogen-bond acceptors (Lipinski definition) is 3. The molecule has 0 aliphatic rings. The van der Waals surface area contributed by atoms with Crippen molar-refractivity contribution in [2.75, 3.05) is 13.2 Å². The number of aliphatic hydroxyl groups excluding tert-OH is 3. The van der Waals surface area contributed by atoms with Gasteiger partial charge in [0, 0.05) is 19.3 Å². The Morgan fingerprint density at radius 1 is 0.800 bits per heavy atom. The summed E-state index contributed by atoms with van der Waals surface area (Å²) in [6.45, 7) is 8.32. The van der Waals surface area contributed by atoms with Gasteiger partial charge in [0.25, 0.3) is 0 Å². The second-order valence-electron chi connectivity index (χ2n) is 3.60. The van der Waals surface area contributed by atoms with Crippen molar-refractivity contribution in [1.29, 1.82) is 0 Å². The average Bonchev–Trinajstić information content (AvgIpc) is 2.16. The van der Waals surface area contributed by atoms with Crippen molar-refractivity contribution in [2.24, 2.45) is 0 Å². The largest absolute Gasteiger partial charge is 0.396 e. The molecule has 0 bridgehead atoms. The predicted octanol–water partition coefficient (Wildman–Crippen LogP) is 2.33. The van der Waals surface area contributed by atoms with Gasteiger partial charge in [-0.3, -0.25) is 0 Å². The van der Waals surface area contributed by atoms with Crippen LogP contribution in [0.15, 0.2) is 0 Å². The van der Waals surface area contributed by atoms with E-state index in [-0.39, 0.29) is 6.10 Å². The van der Waals surface area contributed by atoms with Gasteiger partial charge in [0.2, 0.25) is 0 Å². The molecular formula is C12H30O3. The van der Waals surface area contributed by atoms with Crippen LogP contribution in [0.25, 0.3) is 0 Å². The van der Waals surface area contributed by atoms with Crippen LogP contribution >= 0.6 is 0 Å². The molecule has 0 unspecified atom stereocenters. The van der Waals surface area contributed by atoms with Crippen molar-refractivity contribution < 1.29 is 15.3 Å². The highest BCUT2D eigenvalue weighted by Gasteiger charge is 1.76. The number of rotatable bonds is 5. The summed E-state index contributed by atoms with van der Waals surface area (Å²) < 4.78 is 0. The highest BCUT2D eigenvalue weighted by atomic mass is 16.3. The Balaban J connectivity index is -0.000000147. The molecule has 96 valence electrons. The van der Waals surface area contributed by atoms with E-state index in [1.54, 1.807) is 13.8 Å². The molecule has 3 nitrogen and oxygen atoms in total. The second kappa shape index (κ2) is 23.6. The van der Waals surface area contributed by atoms with E-state index >= 15 is 0 Å². The fraction of sp³-hybridized carbons (Fsp3) is 1.00. The molecule has 0 amide bonds. The standard InChI is InChI=1S/C5H12O.C4H10O.C3H8O/c1-2-3-4-5-6;1-2-3-4-5;1-3(2)4/h6H,2-5H2,1H3;5H,2-4H2,1H3;3-4H,1-2H3. The lowest BCUT2D eigenvalue weighted by Gasteiger charge is -1.85. The lowest BCUT2D eigenvalue weighted by molar-refractivity contribution is 0.216. The summed E-state index contributed by atoms with van der Waals surface area (Å²) in [5.74, 6) is 0. The summed E-state index contributed by atoms with van der Waals surface area (Å²) in [4.78, 5) is 0. The number of aliphatic hydroxyl groups is 3. The Labute approximate surface area is 95.1 Å². The van der Waals surface area contributed by atoms with Crippen molar-refractivity contribution in [1.82, 2.24) is 0 Å². The highest BCUT2D eigenvalue weighted by Crippen LogP contribution is 1.89. The van der Waals surface area contributed by atoms with Crippen LogP contribution in [-0.2, 0) is 0 Å². The van der Waals surface area contributed by atoms with Gasteiger partial charge in [0.15, 0.2) is 0 Å². The monoisotopic (exact) mass is 222 g/mol. The fourth-order valence-electron chi connectivity index (χ4n) is 0.520. The van der Waals surface area contributed by atoms with E-state index in [1.807, 2.05) is 0 Å². The zero-order valence-corrected chi connectivity index (χ0v) is 10.9. The Morgan fingerprint density at radius 3 is 1.20 bits per heavy atom. The average molecular weight is 222 g/mol. The van der Waals surface area contributed by atoms with E-state index in [0.29, 0.717) is 13.2 Å². The lowest BCUT2D eigenvalue weighted by atomic mass is 10.3. The van der Waals surface area contributed by atoms with Crippen LogP contribution < -0.4 is 0 Å². The molecule has 0 heterocycles. The van der Waals surface area contributed by atoms with Gasteiger partial charge in [-0.25, -0.2) is 0 Å². The van der Waals surface area contributed by atoms with Crippen LogP contribution in [0.1, 0.15) is 59.8 Å². The van der Waals surface area contributed by atoms with E-state index in [2.05, 4.69) is 13.8 Å². The van der Waals surface area contributed by atoms with Gasteiger partial charge in [-0.05, 0) is 26.7 Å². The lowest BCUT2D eigenvalue weighted by Crippen LogP contribution is -1.85. The molecule has 0 rings (SSSR count). The molecule has 15 heavy (non-hydrogen) atoms. The molecule has 0 aromatic rings. The Kier molecular flexibility index (Phi) is 31.9. The van der Waals surface area contributed by atoms with Crippen LogP contribution in [0.4, 0.5) is 0 Å². The summed E-state index contributed by atoms with van der Waals surface area (Å²) in [6, 6.07) is 0. The molecule has 0 aromatic heterocycles. The van der Waals surface area contributed by atoms with Crippen molar-refractivity contribution in [3.8, 4) is 0 Å². The van der Waals surface area contributed by atoms with Crippen molar-refractivity contribution >= 4 is 0 Å². The second-order valence-corrected chi connectivity index (χ2v) is 3.60. The van der Waals surface area contributed by atoms with E-state index in [9.17, 15) is 0 Å². The minimum absolute atomic E-state index is 0.167. The van der Waals surface area contributed by atoms with Crippen LogP contribution in [0.3, 0.4) is 0 Å². The maximum Gasteiger partial charge on any atom is 0.0483 e. The molecule has 0 aliphatic heterocycles. The van der Waals surface area contributed by atoms with Crippen LogP contribution in [-0.4, -0.2) is 34.6 Å². The SMILES string of the molecule is CC(C)O.CCCCCO.CCCCO. The molecule has 0 saturated heterocycles. The fourth-order valence-corrected chi connectivity index (χ4v) is 0.520. The predicted molar refractivity (Wildman–Crippen MR) is 66.0 cm³/mol. The third-order valence-electron chi connectivity index (χ3n) is 1.27. The minimum Gasteiger partial charge on any atom is -0.396 e. The third-order valence-corrected chi connectivity index (χ3v) is 1.27. The van der Waals surface area contributed by atoms with Gasteiger partial charge in [-0.15, -0.1) is 0 Å². The van der Waals surface area contributed by atoms with Gasteiger partial charge in [-0.1, -0.05) is 33.1 Å². The summed E-state index contributed by atoms with van der Waals surface area (Å²) in [5.41, 5.74) is 0. The molecule has 3 heteroatoms. The minimum atomic E-state index is -0.167. The molecule has 0 spiro atoms. The Bertz CT molecular complexity index is 66.5. The molecule has 0 aromatic carbocycles. The van der Waals surface area contributed by atoms with Gasteiger partial charge in [0.05, 0.1) is 0 Å². The number of unbranched alkanes of at least 4 members (excludes halogenated alkanes) is 3. The maximum atomic E-state index is 8.20. The molecule has 0 atom stereocenters. The summed E-state index contributed by atoms with van der Waals surface area (Å²) in [5, 5.41) is 24.3. The Hall–Kier alpha value is -0.120. The third kappa shape index (κ3) is 82.3. The van der Waals surface area contributed by atoms with Gasteiger partial charge in [-0.2, -0.15) is 0 Å². The number of hydrogen-bond donors (Lipinski definition) is 3. The molecule has 0 fully saturated rings. The molecule has 0 saturated carbocycles. The van der Waals surface area contributed by atoms with Crippen LogP contribution in [0.5, 0.6) is 0 Å². The van der Waals surface area contributed by atoms with E-state index in [4.69, 9.17) is 15.3 Å². The summed E-state index contributed by atoms with van der Waals surface area (Å²) in [6.07, 6.45) is 5.20. The maximum absolute atomic E-state index is 8.20. The summed E-state index contributed by atoms with van der Waals surface area (Å²) >= 11 is 0. The van der Waals surface area contributed by atoms with Gasteiger partial charge >= 0.3 is 0 Å². The topological polar surface area (TPSA) is 60.7 Å².